The zero-order chi connectivity index (χ0) is 14.7. The molecule has 0 amide bonds. The lowest BCUT2D eigenvalue weighted by Crippen LogP contribution is -2.49. The van der Waals surface area contributed by atoms with Gasteiger partial charge in [-0.25, -0.2) is 4.79 Å². The molecule has 0 aliphatic carbocycles. The van der Waals surface area contributed by atoms with Crippen LogP contribution in [-0.2, 0) is 15.1 Å². The molecule has 0 radical (unpaired) electrons. The maximum atomic E-state index is 12.9. The number of esters is 1. The van der Waals surface area contributed by atoms with Gasteiger partial charge in [-0.15, -0.1) is 0 Å². The third-order valence-electron chi connectivity index (χ3n) is 2.45. The standard InChI is InChI=1S/C12H10F3NO3/c1-3-19-10(17)11(18,12(13,14)15)8-4-6-9(16-2)7-5-8/h1,4-7,16,18H,2H3. The number of anilines is 1. The van der Waals surface area contributed by atoms with Crippen molar-refractivity contribution in [3.63, 3.8) is 0 Å². The molecule has 0 saturated heterocycles. The minimum atomic E-state index is -5.26. The van der Waals surface area contributed by atoms with Gasteiger partial charge >= 0.3 is 12.1 Å². The van der Waals surface area contributed by atoms with Gasteiger partial charge in [-0.2, -0.15) is 13.2 Å². The fourth-order valence-corrected chi connectivity index (χ4v) is 1.40. The minimum absolute atomic E-state index is 0.513. The van der Waals surface area contributed by atoms with Gasteiger partial charge in [-0.1, -0.05) is 18.6 Å². The number of nitrogens with one attached hydrogen (secondary N) is 1. The van der Waals surface area contributed by atoms with Gasteiger partial charge < -0.3 is 15.2 Å². The van der Waals surface area contributed by atoms with Crippen molar-refractivity contribution < 1.29 is 27.8 Å². The fourth-order valence-electron chi connectivity index (χ4n) is 1.40. The fraction of sp³-hybridized carbons (Fsp3) is 0.250. The normalized spacial score (nSPS) is 14.1. The summed E-state index contributed by atoms with van der Waals surface area (Å²) in [6.07, 6.45) is 0.665. The van der Waals surface area contributed by atoms with Crippen LogP contribution in [0.3, 0.4) is 0 Å². The first-order valence-electron chi connectivity index (χ1n) is 5.01. The monoisotopic (exact) mass is 273 g/mol. The van der Waals surface area contributed by atoms with Crippen LogP contribution in [0.4, 0.5) is 18.9 Å². The number of halogens is 3. The minimum Gasteiger partial charge on any atom is -0.388 e. The molecule has 0 aliphatic rings. The number of ether oxygens (including phenoxy) is 1. The largest absolute Gasteiger partial charge is 0.432 e. The number of carbonyl (C=O) groups excluding carboxylic acids is 1. The topological polar surface area (TPSA) is 58.6 Å². The highest BCUT2D eigenvalue weighted by molar-refractivity contribution is 5.83. The molecule has 7 heteroatoms. The van der Waals surface area contributed by atoms with E-state index in [4.69, 9.17) is 0 Å². The van der Waals surface area contributed by atoms with Gasteiger partial charge in [0.25, 0.3) is 5.60 Å². The van der Waals surface area contributed by atoms with Crippen LogP contribution in [-0.4, -0.2) is 24.3 Å². The highest BCUT2D eigenvalue weighted by Crippen LogP contribution is 2.40. The molecular formula is C12H10F3NO3. The first-order chi connectivity index (χ1) is 8.77. The summed E-state index contributed by atoms with van der Waals surface area (Å²) in [7, 11) is 1.57. The van der Waals surface area contributed by atoms with Crippen molar-refractivity contribution in [3.8, 4) is 12.5 Å². The number of aliphatic hydroxyl groups is 1. The van der Waals surface area contributed by atoms with Gasteiger partial charge in [0.15, 0.2) is 0 Å². The van der Waals surface area contributed by atoms with Crippen LogP contribution in [0.25, 0.3) is 0 Å². The molecule has 0 aliphatic heterocycles. The molecule has 0 spiro atoms. The Morgan fingerprint density at radius 3 is 2.26 bits per heavy atom. The van der Waals surface area contributed by atoms with Crippen LogP contribution in [0.5, 0.6) is 0 Å². The summed E-state index contributed by atoms with van der Waals surface area (Å²) in [5, 5.41) is 12.4. The van der Waals surface area contributed by atoms with Gasteiger partial charge in [-0.3, -0.25) is 0 Å². The highest BCUT2D eigenvalue weighted by atomic mass is 19.4. The molecule has 1 aromatic carbocycles. The van der Waals surface area contributed by atoms with E-state index < -0.39 is 23.3 Å². The van der Waals surface area contributed by atoms with Gasteiger partial charge in [0.05, 0.1) is 0 Å². The summed E-state index contributed by atoms with van der Waals surface area (Å²) in [6, 6.07) is 4.46. The Morgan fingerprint density at radius 2 is 1.89 bits per heavy atom. The average molecular weight is 273 g/mol. The van der Waals surface area contributed by atoms with Crippen LogP contribution in [0.2, 0.25) is 0 Å². The van der Waals surface area contributed by atoms with E-state index in [-0.39, 0.29) is 0 Å². The van der Waals surface area contributed by atoms with Gasteiger partial charge in [0.1, 0.15) is 6.11 Å². The van der Waals surface area contributed by atoms with E-state index in [1.54, 1.807) is 7.05 Å². The molecule has 0 heterocycles. The molecule has 4 nitrogen and oxygen atoms in total. The summed E-state index contributed by atoms with van der Waals surface area (Å²) >= 11 is 0. The first-order valence-corrected chi connectivity index (χ1v) is 5.01. The van der Waals surface area contributed by atoms with E-state index in [1.165, 1.54) is 18.2 Å². The Balaban J connectivity index is 3.32. The number of alkyl halides is 3. The Kier molecular flexibility index (Phi) is 4.07. The molecule has 1 aromatic rings. The number of hydrogen-bond acceptors (Lipinski definition) is 4. The predicted octanol–water partition coefficient (Wildman–Crippen LogP) is 1.61. The average Bonchev–Trinajstić information content (AvgIpc) is 2.36. The molecule has 0 aromatic heterocycles. The van der Waals surface area contributed by atoms with Crippen LogP contribution in [0.15, 0.2) is 24.3 Å². The van der Waals surface area contributed by atoms with Gasteiger partial charge in [-0.05, 0) is 12.1 Å². The smallest absolute Gasteiger partial charge is 0.388 e. The lowest BCUT2D eigenvalue weighted by Gasteiger charge is -2.27. The number of carbonyl (C=O) groups is 1. The van der Waals surface area contributed by atoms with Crippen molar-refractivity contribution in [3.05, 3.63) is 29.8 Å². The van der Waals surface area contributed by atoms with E-state index in [0.29, 0.717) is 5.69 Å². The second kappa shape index (κ2) is 5.20. The van der Waals surface area contributed by atoms with E-state index in [0.717, 1.165) is 12.1 Å². The number of rotatable bonds is 3. The summed E-state index contributed by atoms with van der Waals surface area (Å²) in [5.74, 6) is -1.97. The summed E-state index contributed by atoms with van der Waals surface area (Å²) in [4.78, 5) is 11.3. The first kappa shape index (κ1) is 14.9. The maximum Gasteiger partial charge on any atom is 0.432 e. The zero-order valence-corrected chi connectivity index (χ0v) is 9.78. The second-order valence-electron chi connectivity index (χ2n) is 3.54. The van der Waals surface area contributed by atoms with Crippen LogP contribution in [0.1, 0.15) is 5.56 Å². The molecule has 1 atom stereocenters. The third-order valence-corrected chi connectivity index (χ3v) is 2.45. The Hall–Kier alpha value is -2.20. The van der Waals surface area contributed by atoms with Crippen molar-refractivity contribution >= 4 is 11.7 Å². The van der Waals surface area contributed by atoms with Crippen molar-refractivity contribution in [2.45, 2.75) is 11.8 Å². The van der Waals surface area contributed by atoms with E-state index in [2.05, 4.69) is 16.5 Å². The molecule has 2 N–H and O–H groups in total. The molecule has 1 rings (SSSR count). The van der Waals surface area contributed by atoms with Gasteiger partial charge in [0, 0.05) is 18.3 Å². The second-order valence-corrected chi connectivity index (χ2v) is 3.54. The van der Waals surface area contributed by atoms with Crippen molar-refractivity contribution in [2.24, 2.45) is 0 Å². The Morgan fingerprint density at radius 1 is 1.37 bits per heavy atom. The number of terminal acetylenes is 1. The predicted molar refractivity (Wildman–Crippen MR) is 60.9 cm³/mol. The molecule has 0 bridgehead atoms. The highest BCUT2D eigenvalue weighted by Gasteiger charge is 2.62. The summed E-state index contributed by atoms with van der Waals surface area (Å²) in [5.41, 5.74) is -3.97. The Bertz CT molecular complexity index is 504. The quantitative estimate of drug-likeness (QED) is 0.649. The molecular weight excluding hydrogens is 263 g/mol. The van der Waals surface area contributed by atoms with Crippen LogP contribution in [0, 0.1) is 12.5 Å². The maximum absolute atomic E-state index is 12.9. The van der Waals surface area contributed by atoms with Crippen molar-refractivity contribution in [1.82, 2.24) is 0 Å². The lowest BCUT2D eigenvalue weighted by molar-refractivity contribution is -0.265. The van der Waals surface area contributed by atoms with E-state index in [9.17, 15) is 23.1 Å². The summed E-state index contributed by atoms with van der Waals surface area (Å²) in [6.45, 7) is 0. The van der Waals surface area contributed by atoms with Crippen LogP contribution < -0.4 is 5.32 Å². The van der Waals surface area contributed by atoms with E-state index >= 15 is 0 Å². The number of benzene rings is 1. The SMILES string of the molecule is C#COC(=O)C(O)(c1ccc(NC)cc1)C(F)(F)F. The van der Waals surface area contributed by atoms with Crippen molar-refractivity contribution in [2.75, 3.05) is 12.4 Å². The number of hydrogen-bond donors (Lipinski definition) is 2. The van der Waals surface area contributed by atoms with E-state index in [1.807, 2.05) is 0 Å². The molecule has 1 unspecified atom stereocenters. The lowest BCUT2D eigenvalue weighted by atomic mass is 9.93. The zero-order valence-electron chi connectivity index (χ0n) is 9.78. The van der Waals surface area contributed by atoms with Gasteiger partial charge in [0.2, 0.25) is 0 Å². The van der Waals surface area contributed by atoms with Crippen molar-refractivity contribution in [1.29, 1.82) is 0 Å². The third kappa shape index (κ3) is 2.63. The summed E-state index contributed by atoms with van der Waals surface area (Å²) < 4.78 is 42.6. The molecule has 19 heavy (non-hydrogen) atoms. The Labute approximate surface area is 107 Å². The molecule has 102 valence electrons. The molecule has 0 fully saturated rings. The van der Waals surface area contributed by atoms with Crippen LogP contribution >= 0.6 is 0 Å². The molecule has 0 saturated carbocycles.